The maximum Gasteiger partial charge on any atom is 0.00341 e. The van der Waals surface area contributed by atoms with E-state index in [0.717, 1.165) is 17.2 Å². The van der Waals surface area contributed by atoms with Gasteiger partial charge in [-0.2, -0.15) is 0 Å². The van der Waals surface area contributed by atoms with Crippen molar-refractivity contribution in [1.29, 1.82) is 0 Å². The Labute approximate surface area is 91.6 Å². The Balaban J connectivity index is 2.84. The molecule has 1 saturated carbocycles. The molecule has 1 heteroatoms. The number of halogens is 1. The third kappa shape index (κ3) is 1.69. The molecule has 0 spiro atoms. The van der Waals surface area contributed by atoms with E-state index in [-0.39, 0.29) is 0 Å². The summed E-state index contributed by atoms with van der Waals surface area (Å²) < 4.78 is 0. The van der Waals surface area contributed by atoms with Gasteiger partial charge in [0, 0.05) is 5.33 Å². The molecule has 78 valence electrons. The fraction of sp³-hybridized carbons (Fsp3) is 1.00. The molecule has 13 heavy (non-hydrogen) atoms. The Morgan fingerprint density at radius 3 is 2.00 bits per heavy atom. The first-order valence-electron chi connectivity index (χ1n) is 5.40. The molecule has 0 aromatic heterocycles. The monoisotopic (exact) mass is 246 g/mol. The molecule has 1 aliphatic carbocycles. The normalized spacial score (nSPS) is 36.5. The summed E-state index contributed by atoms with van der Waals surface area (Å²) >= 11 is 3.57. The summed E-state index contributed by atoms with van der Waals surface area (Å²) in [7, 11) is 0. The summed E-state index contributed by atoms with van der Waals surface area (Å²) in [5, 5.41) is 1.16. The van der Waals surface area contributed by atoms with Gasteiger partial charge < -0.3 is 0 Å². The highest BCUT2D eigenvalue weighted by atomic mass is 79.9. The standard InChI is InChI=1S/C12H23Br/c1-9-8-10(6-7-13)12(4,5)11(9,2)3/h9-10H,6-8H2,1-5H3. The van der Waals surface area contributed by atoms with Crippen LogP contribution in [0.25, 0.3) is 0 Å². The van der Waals surface area contributed by atoms with Crippen LogP contribution in [0.2, 0.25) is 0 Å². The zero-order valence-corrected chi connectivity index (χ0v) is 11.2. The molecule has 1 fully saturated rings. The lowest BCUT2D eigenvalue weighted by Gasteiger charge is -2.41. The van der Waals surface area contributed by atoms with Crippen molar-refractivity contribution < 1.29 is 0 Å². The summed E-state index contributed by atoms with van der Waals surface area (Å²) in [6.45, 7) is 12.2. The quantitative estimate of drug-likeness (QED) is 0.631. The number of rotatable bonds is 2. The molecule has 2 unspecified atom stereocenters. The Morgan fingerprint density at radius 2 is 1.69 bits per heavy atom. The molecule has 0 heterocycles. The lowest BCUT2D eigenvalue weighted by Crippen LogP contribution is -2.34. The molecule has 0 aromatic rings. The van der Waals surface area contributed by atoms with E-state index in [4.69, 9.17) is 0 Å². The van der Waals surface area contributed by atoms with E-state index < -0.39 is 0 Å². The molecule has 0 saturated heterocycles. The van der Waals surface area contributed by atoms with Crippen LogP contribution in [0.4, 0.5) is 0 Å². The van der Waals surface area contributed by atoms with Crippen molar-refractivity contribution in [2.24, 2.45) is 22.7 Å². The van der Waals surface area contributed by atoms with Gasteiger partial charge in [-0.05, 0) is 35.5 Å². The van der Waals surface area contributed by atoms with E-state index >= 15 is 0 Å². The van der Waals surface area contributed by atoms with Crippen LogP contribution in [0, 0.1) is 22.7 Å². The van der Waals surface area contributed by atoms with Crippen molar-refractivity contribution in [1.82, 2.24) is 0 Å². The van der Waals surface area contributed by atoms with Crippen LogP contribution in [0.15, 0.2) is 0 Å². The average molecular weight is 247 g/mol. The van der Waals surface area contributed by atoms with Crippen molar-refractivity contribution in [3.05, 3.63) is 0 Å². The van der Waals surface area contributed by atoms with Gasteiger partial charge in [-0.1, -0.05) is 50.5 Å². The lowest BCUT2D eigenvalue weighted by molar-refractivity contribution is 0.0818. The van der Waals surface area contributed by atoms with Crippen molar-refractivity contribution in [3.63, 3.8) is 0 Å². The molecule has 0 N–H and O–H groups in total. The minimum Gasteiger partial charge on any atom is -0.0928 e. The second-order valence-corrected chi connectivity index (χ2v) is 6.55. The van der Waals surface area contributed by atoms with Crippen molar-refractivity contribution >= 4 is 15.9 Å². The van der Waals surface area contributed by atoms with E-state index in [0.29, 0.717) is 10.8 Å². The topological polar surface area (TPSA) is 0 Å². The van der Waals surface area contributed by atoms with Gasteiger partial charge in [-0.3, -0.25) is 0 Å². The number of hydrogen-bond donors (Lipinski definition) is 0. The van der Waals surface area contributed by atoms with E-state index in [2.05, 4.69) is 50.5 Å². The Kier molecular flexibility index (Phi) is 3.17. The molecule has 0 bridgehead atoms. The van der Waals surface area contributed by atoms with Crippen LogP contribution in [0.5, 0.6) is 0 Å². The SMILES string of the molecule is CC1CC(CCBr)C(C)(C)C1(C)C. The van der Waals surface area contributed by atoms with Gasteiger partial charge in [-0.25, -0.2) is 0 Å². The van der Waals surface area contributed by atoms with Crippen LogP contribution in [0.3, 0.4) is 0 Å². The van der Waals surface area contributed by atoms with E-state index in [1.807, 2.05) is 0 Å². The third-order valence-corrected chi connectivity index (χ3v) is 5.47. The highest BCUT2D eigenvalue weighted by Gasteiger charge is 2.51. The highest BCUT2D eigenvalue weighted by Crippen LogP contribution is 2.59. The molecular weight excluding hydrogens is 224 g/mol. The number of hydrogen-bond acceptors (Lipinski definition) is 0. The van der Waals surface area contributed by atoms with Crippen LogP contribution in [-0.2, 0) is 0 Å². The predicted molar refractivity (Wildman–Crippen MR) is 63.2 cm³/mol. The van der Waals surface area contributed by atoms with Crippen molar-refractivity contribution in [2.45, 2.75) is 47.5 Å². The van der Waals surface area contributed by atoms with Gasteiger partial charge in [0.2, 0.25) is 0 Å². The summed E-state index contributed by atoms with van der Waals surface area (Å²) in [5.41, 5.74) is 1.00. The zero-order chi connectivity index (χ0) is 10.3. The van der Waals surface area contributed by atoms with Crippen LogP contribution >= 0.6 is 15.9 Å². The van der Waals surface area contributed by atoms with E-state index in [1.165, 1.54) is 12.8 Å². The lowest BCUT2D eigenvalue weighted by atomic mass is 9.64. The van der Waals surface area contributed by atoms with Gasteiger partial charge >= 0.3 is 0 Å². The maximum absolute atomic E-state index is 3.57. The fourth-order valence-corrected chi connectivity index (χ4v) is 3.34. The first-order valence-corrected chi connectivity index (χ1v) is 6.52. The molecule has 1 aliphatic rings. The van der Waals surface area contributed by atoms with Gasteiger partial charge in [0.25, 0.3) is 0 Å². The third-order valence-electron chi connectivity index (χ3n) is 5.01. The molecular formula is C12H23Br. The Bertz CT molecular complexity index is 182. The smallest absolute Gasteiger partial charge is 0.00341 e. The summed E-state index contributed by atoms with van der Waals surface area (Å²) in [6, 6.07) is 0. The molecule has 1 rings (SSSR count). The van der Waals surface area contributed by atoms with E-state index in [9.17, 15) is 0 Å². The Hall–Kier alpha value is 0.480. The first-order chi connectivity index (χ1) is 5.84. The predicted octanol–water partition coefficient (Wildman–Crippen LogP) is 4.48. The van der Waals surface area contributed by atoms with Crippen LogP contribution in [0.1, 0.15) is 47.5 Å². The fourth-order valence-electron chi connectivity index (χ4n) is 2.79. The molecule has 0 amide bonds. The van der Waals surface area contributed by atoms with Crippen molar-refractivity contribution in [3.8, 4) is 0 Å². The van der Waals surface area contributed by atoms with Gasteiger partial charge in [0.15, 0.2) is 0 Å². The first kappa shape index (κ1) is 11.6. The second-order valence-electron chi connectivity index (χ2n) is 5.75. The van der Waals surface area contributed by atoms with Crippen LogP contribution < -0.4 is 0 Å². The molecule has 0 radical (unpaired) electrons. The molecule has 0 aromatic carbocycles. The minimum absolute atomic E-state index is 0.500. The molecule has 0 aliphatic heterocycles. The highest BCUT2D eigenvalue weighted by molar-refractivity contribution is 9.09. The average Bonchev–Trinajstić information content (AvgIpc) is 2.14. The summed E-state index contributed by atoms with van der Waals surface area (Å²) in [5.74, 6) is 1.77. The maximum atomic E-state index is 3.57. The second kappa shape index (κ2) is 3.56. The summed E-state index contributed by atoms with van der Waals surface area (Å²) in [4.78, 5) is 0. The summed E-state index contributed by atoms with van der Waals surface area (Å²) in [6.07, 6.45) is 2.74. The van der Waals surface area contributed by atoms with E-state index in [1.54, 1.807) is 0 Å². The van der Waals surface area contributed by atoms with Gasteiger partial charge in [0.1, 0.15) is 0 Å². The molecule has 0 nitrogen and oxygen atoms in total. The minimum atomic E-state index is 0.500. The molecule has 2 atom stereocenters. The van der Waals surface area contributed by atoms with Crippen LogP contribution in [-0.4, -0.2) is 5.33 Å². The Morgan fingerprint density at radius 1 is 1.15 bits per heavy atom. The zero-order valence-electron chi connectivity index (χ0n) is 9.65. The van der Waals surface area contributed by atoms with Gasteiger partial charge in [-0.15, -0.1) is 0 Å². The largest absolute Gasteiger partial charge is 0.0928 e. The number of alkyl halides is 1. The van der Waals surface area contributed by atoms with Gasteiger partial charge in [0.05, 0.1) is 0 Å². The van der Waals surface area contributed by atoms with Crippen molar-refractivity contribution in [2.75, 3.05) is 5.33 Å².